The third-order valence-electron chi connectivity index (χ3n) is 3.35. The molecule has 0 atom stereocenters. The summed E-state index contributed by atoms with van der Waals surface area (Å²) < 4.78 is 0. The fourth-order valence-corrected chi connectivity index (χ4v) is 2.61. The van der Waals surface area contributed by atoms with Gasteiger partial charge >= 0.3 is 0 Å². The quantitative estimate of drug-likeness (QED) is 0.751. The van der Waals surface area contributed by atoms with E-state index in [4.69, 9.17) is 5.73 Å². The number of nitrogens with two attached hydrogens (primary N) is 1. The Balaban J connectivity index is 2.25. The number of hydrogen-bond acceptors (Lipinski definition) is 2. The Morgan fingerprint density at radius 2 is 1.93 bits per heavy atom. The molecule has 76 valence electrons. The zero-order valence-corrected chi connectivity index (χ0v) is 8.53. The van der Waals surface area contributed by atoms with Crippen LogP contribution in [0.1, 0.15) is 25.3 Å². The predicted molar refractivity (Wildman–Crippen MR) is 57.2 cm³/mol. The fraction of sp³-hybridized carbons (Fsp3) is 0.500. The minimum atomic E-state index is 0.188. The van der Waals surface area contributed by atoms with Gasteiger partial charge in [0.25, 0.3) is 0 Å². The molecule has 1 aromatic carbocycles. The van der Waals surface area contributed by atoms with E-state index >= 15 is 0 Å². The van der Waals surface area contributed by atoms with Crippen molar-refractivity contribution in [2.45, 2.75) is 25.2 Å². The SMILES string of the molecule is CC1CC(CN)(c2ccc(O)cc2)C1. The highest BCUT2D eigenvalue weighted by Gasteiger charge is 2.41. The molecule has 0 unspecified atom stereocenters. The van der Waals surface area contributed by atoms with Gasteiger partial charge < -0.3 is 10.8 Å². The Hall–Kier alpha value is -1.02. The van der Waals surface area contributed by atoms with Crippen molar-refractivity contribution < 1.29 is 5.11 Å². The summed E-state index contributed by atoms with van der Waals surface area (Å²) in [4.78, 5) is 0. The molecule has 0 bridgehead atoms. The van der Waals surface area contributed by atoms with Gasteiger partial charge in [0.1, 0.15) is 5.75 Å². The number of phenolic OH excluding ortho intramolecular Hbond substituents is 1. The second kappa shape index (κ2) is 3.28. The van der Waals surface area contributed by atoms with Crippen molar-refractivity contribution in [3.63, 3.8) is 0 Å². The van der Waals surface area contributed by atoms with Crippen molar-refractivity contribution in [3.05, 3.63) is 29.8 Å². The second-order valence-corrected chi connectivity index (χ2v) is 4.54. The Morgan fingerprint density at radius 3 is 2.36 bits per heavy atom. The molecule has 1 saturated carbocycles. The summed E-state index contributed by atoms with van der Waals surface area (Å²) in [6.07, 6.45) is 2.35. The van der Waals surface area contributed by atoms with Crippen LogP contribution in [0.25, 0.3) is 0 Å². The number of phenols is 1. The first-order chi connectivity index (χ1) is 6.66. The average Bonchev–Trinajstić information content (AvgIpc) is 2.14. The number of rotatable bonds is 2. The van der Waals surface area contributed by atoms with Gasteiger partial charge in [-0.15, -0.1) is 0 Å². The second-order valence-electron chi connectivity index (χ2n) is 4.54. The molecule has 1 aliphatic carbocycles. The molecule has 0 aromatic heterocycles. The van der Waals surface area contributed by atoms with Gasteiger partial charge in [-0.3, -0.25) is 0 Å². The minimum absolute atomic E-state index is 0.188. The number of hydrogen-bond donors (Lipinski definition) is 2. The fourth-order valence-electron chi connectivity index (χ4n) is 2.61. The molecule has 0 aliphatic heterocycles. The highest BCUT2D eigenvalue weighted by Crippen LogP contribution is 2.46. The van der Waals surface area contributed by atoms with Crippen molar-refractivity contribution in [3.8, 4) is 5.75 Å². The molecule has 1 fully saturated rings. The molecule has 3 N–H and O–H groups in total. The summed E-state index contributed by atoms with van der Waals surface area (Å²) in [5.74, 6) is 1.11. The maximum atomic E-state index is 9.21. The predicted octanol–water partition coefficient (Wildman–Crippen LogP) is 2.02. The van der Waals surface area contributed by atoms with Crippen LogP contribution in [0.5, 0.6) is 5.75 Å². The monoisotopic (exact) mass is 191 g/mol. The zero-order chi connectivity index (χ0) is 10.2. The molecule has 2 rings (SSSR count). The molecular weight excluding hydrogens is 174 g/mol. The molecule has 1 aliphatic rings. The van der Waals surface area contributed by atoms with Gasteiger partial charge in [0.05, 0.1) is 0 Å². The van der Waals surface area contributed by atoms with E-state index in [0.29, 0.717) is 12.3 Å². The van der Waals surface area contributed by atoms with Crippen LogP contribution < -0.4 is 5.73 Å². The molecule has 0 saturated heterocycles. The Morgan fingerprint density at radius 1 is 1.36 bits per heavy atom. The lowest BCUT2D eigenvalue weighted by Crippen LogP contribution is -2.46. The average molecular weight is 191 g/mol. The third-order valence-corrected chi connectivity index (χ3v) is 3.35. The van der Waals surface area contributed by atoms with Gasteiger partial charge in [-0.25, -0.2) is 0 Å². The number of aromatic hydroxyl groups is 1. The maximum Gasteiger partial charge on any atom is 0.115 e. The third kappa shape index (κ3) is 1.40. The zero-order valence-electron chi connectivity index (χ0n) is 8.53. The van der Waals surface area contributed by atoms with Crippen molar-refractivity contribution in [1.82, 2.24) is 0 Å². The summed E-state index contributed by atoms with van der Waals surface area (Å²) in [5, 5.41) is 9.21. The Bertz CT molecular complexity index is 312. The minimum Gasteiger partial charge on any atom is -0.508 e. The summed E-state index contributed by atoms with van der Waals surface area (Å²) in [5.41, 5.74) is 7.30. The van der Waals surface area contributed by atoms with Crippen molar-refractivity contribution in [1.29, 1.82) is 0 Å². The van der Waals surface area contributed by atoms with Gasteiger partial charge in [0.2, 0.25) is 0 Å². The van der Waals surface area contributed by atoms with Gasteiger partial charge in [-0.05, 0) is 36.5 Å². The van der Waals surface area contributed by atoms with Crippen molar-refractivity contribution in [2.75, 3.05) is 6.54 Å². The van der Waals surface area contributed by atoms with E-state index in [9.17, 15) is 5.11 Å². The summed E-state index contributed by atoms with van der Waals surface area (Å²) in [7, 11) is 0. The van der Waals surface area contributed by atoms with Crippen LogP contribution in [0, 0.1) is 5.92 Å². The van der Waals surface area contributed by atoms with Crippen LogP contribution in [-0.4, -0.2) is 11.7 Å². The van der Waals surface area contributed by atoms with Crippen molar-refractivity contribution in [2.24, 2.45) is 11.7 Å². The van der Waals surface area contributed by atoms with E-state index in [-0.39, 0.29) is 5.41 Å². The smallest absolute Gasteiger partial charge is 0.115 e. The highest BCUT2D eigenvalue weighted by atomic mass is 16.3. The van der Waals surface area contributed by atoms with E-state index in [1.807, 2.05) is 12.1 Å². The molecule has 0 spiro atoms. The Kier molecular flexibility index (Phi) is 2.23. The van der Waals surface area contributed by atoms with Crippen LogP contribution >= 0.6 is 0 Å². The maximum absolute atomic E-state index is 9.21. The molecule has 14 heavy (non-hydrogen) atoms. The van der Waals surface area contributed by atoms with E-state index in [1.165, 1.54) is 18.4 Å². The largest absolute Gasteiger partial charge is 0.508 e. The summed E-state index contributed by atoms with van der Waals surface area (Å²) in [6.45, 7) is 2.97. The van der Waals surface area contributed by atoms with Crippen LogP contribution in [-0.2, 0) is 5.41 Å². The highest BCUT2D eigenvalue weighted by molar-refractivity contribution is 5.34. The van der Waals surface area contributed by atoms with E-state index in [0.717, 1.165) is 5.92 Å². The van der Waals surface area contributed by atoms with Gasteiger partial charge in [-0.2, -0.15) is 0 Å². The first-order valence-electron chi connectivity index (χ1n) is 5.16. The molecular formula is C12H17NO. The van der Waals surface area contributed by atoms with Gasteiger partial charge in [0.15, 0.2) is 0 Å². The topological polar surface area (TPSA) is 46.2 Å². The first kappa shape index (κ1) is 9.53. The van der Waals surface area contributed by atoms with E-state index < -0.39 is 0 Å². The molecule has 1 aromatic rings. The van der Waals surface area contributed by atoms with Gasteiger partial charge in [0, 0.05) is 12.0 Å². The lowest BCUT2D eigenvalue weighted by atomic mass is 9.59. The molecule has 0 heterocycles. The van der Waals surface area contributed by atoms with Crippen LogP contribution in [0.3, 0.4) is 0 Å². The summed E-state index contributed by atoms with van der Waals surface area (Å²) >= 11 is 0. The Labute approximate surface area is 84.7 Å². The normalized spacial score (nSPS) is 31.1. The first-order valence-corrected chi connectivity index (χ1v) is 5.16. The summed E-state index contributed by atoms with van der Waals surface area (Å²) in [6, 6.07) is 7.48. The standard InChI is InChI=1S/C12H17NO/c1-9-6-12(7-9,8-13)10-2-4-11(14)5-3-10/h2-5,9,14H,6-8,13H2,1H3. The molecule has 0 amide bonds. The van der Waals surface area contributed by atoms with E-state index in [2.05, 4.69) is 6.92 Å². The van der Waals surface area contributed by atoms with Crippen LogP contribution in [0.2, 0.25) is 0 Å². The molecule has 0 radical (unpaired) electrons. The van der Waals surface area contributed by atoms with Crippen LogP contribution in [0.4, 0.5) is 0 Å². The van der Waals surface area contributed by atoms with E-state index in [1.54, 1.807) is 12.1 Å². The lowest BCUT2D eigenvalue weighted by molar-refractivity contribution is 0.164. The number of benzene rings is 1. The molecule has 2 heteroatoms. The van der Waals surface area contributed by atoms with Crippen LogP contribution in [0.15, 0.2) is 24.3 Å². The molecule has 2 nitrogen and oxygen atoms in total. The van der Waals surface area contributed by atoms with Gasteiger partial charge in [-0.1, -0.05) is 19.1 Å². The van der Waals surface area contributed by atoms with Crippen molar-refractivity contribution >= 4 is 0 Å². The lowest BCUT2D eigenvalue weighted by Gasteiger charge is -2.46.